The van der Waals surface area contributed by atoms with E-state index < -0.39 is 7.12 Å². The Morgan fingerprint density at radius 2 is 0.733 bits per heavy atom. The van der Waals surface area contributed by atoms with Gasteiger partial charge in [-0.25, -0.2) is 9.97 Å². The molecule has 10 heteroatoms. The molecule has 12 aromatic carbocycles. The van der Waals surface area contributed by atoms with E-state index in [-0.39, 0.29) is 1.43 Å². The predicted molar refractivity (Wildman–Crippen MR) is 366 cm³/mol. The van der Waals surface area contributed by atoms with Gasteiger partial charge in [0.2, 0.25) is 0 Å². The van der Waals surface area contributed by atoms with Crippen molar-refractivity contribution < 1.29 is 11.5 Å². The fourth-order valence-corrected chi connectivity index (χ4v) is 12.7. The Kier molecular flexibility index (Phi) is 14.8. The van der Waals surface area contributed by atoms with Gasteiger partial charge in [-0.05, 0) is 138 Å². The number of hydrogen-bond donors (Lipinski definition) is 2. The molecule has 0 unspecified atom stereocenters. The molecule has 0 spiro atoms. The molecular weight excluding hydrogens is 1170 g/mol. The largest absolute Gasteiger partial charge is 0.488 e. The van der Waals surface area contributed by atoms with E-state index in [2.05, 4.69) is 294 Å². The summed E-state index contributed by atoms with van der Waals surface area (Å²) in [5, 5.41) is 28.1. The Morgan fingerprint density at radius 3 is 1.17 bits per heavy atom. The Hall–Kier alpha value is -10.4. The van der Waals surface area contributed by atoms with Crippen LogP contribution in [-0.4, -0.2) is 46.2 Å². The van der Waals surface area contributed by atoms with E-state index in [1.165, 1.54) is 114 Å². The van der Waals surface area contributed by atoms with Gasteiger partial charge in [0.05, 0.1) is 34.0 Å². The van der Waals surface area contributed by atoms with Gasteiger partial charge in [0.25, 0.3) is 0 Å². The van der Waals surface area contributed by atoms with Crippen molar-refractivity contribution in [3.05, 3.63) is 308 Å². The molecule has 16 aromatic rings. The minimum absolute atomic E-state index is 0. The standard InChI is InChI=1S/C38H25N3.C28H18IN.C10H9BN2O2.H2/c1-3-13-36-33(9-1)34-10-2-4-14-37(34)41(36)30-21-19-27(20-22-30)32-12-6-8-29-7-5-11-31(38(29)32)26-15-17-28(18-16-26)35-25-39-23-24-40-35;29-25-12-6-8-20-7-5-11-22(28(20)25)19-15-17-21(18-16-19)30-26-13-3-1-9-23(26)24-10-2-4-14-27(24)30;14-11(15)10-3-1-8(2-4-10)9-5-12-7-13-6-9;/h1-25H;1-18H;1-7,14-15H;1H/i;;;1+1. The molecule has 0 saturated carbocycles. The van der Waals surface area contributed by atoms with Crippen LogP contribution in [0.1, 0.15) is 1.43 Å². The summed E-state index contributed by atoms with van der Waals surface area (Å²) in [6, 6.07) is 94.2. The third kappa shape index (κ3) is 10.4. The van der Waals surface area contributed by atoms with E-state index in [0.29, 0.717) is 5.46 Å². The zero-order valence-corrected chi connectivity index (χ0v) is 48.6. The zero-order chi connectivity index (χ0) is 57.9. The number of nitrogens with zero attached hydrogens (tertiary/aromatic N) is 6. The number of hydrogen-bond acceptors (Lipinski definition) is 6. The molecule has 0 fully saturated rings. The Morgan fingerprint density at radius 1 is 0.337 bits per heavy atom. The molecule has 4 aromatic heterocycles. The van der Waals surface area contributed by atoms with E-state index in [1.54, 1.807) is 55.2 Å². The average molecular weight is 1220 g/mol. The molecule has 16 rings (SSSR count). The van der Waals surface area contributed by atoms with Crippen molar-refractivity contribution in [3.63, 3.8) is 0 Å². The molecule has 410 valence electrons. The highest BCUT2D eigenvalue weighted by Crippen LogP contribution is 2.40. The van der Waals surface area contributed by atoms with Crippen LogP contribution in [0.5, 0.6) is 0 Å². The molecule has 0 atom stereocenters. The van der Waals surface area contributed by atoms with Crippen LogP contribution in [0.2, 0.25) is 0 Å². The van der Waals surface area contributed by atoms with Crippen LogP contribution in [-0.2, 0) is 0 Å². The van der Waals surface area contributed by atoms with Crippen LogP contribution in [0.3, 0.4) is 0 Å². The van der Waals surface area contributed by atoms with E-state index in [4.69, 9.17) is 10.0 Å². The molecule has 8 nitrogen and oxygen atoms in total. The first-order valence-corrected chi connectivity index (χ1v) is 29.5. The monoisotopic (exact) mass is 1220 g/mol. The lowest BCUT2D eigenvalue weighted by molar-refractivity contribution is 0.426. The molecule has 0 bridgehead atoms. The summed E-state index contributed by atoms with van der Waals surface area (Å²) < 4.78 is 6.01. The van der Waals surface area contributed by atoms with Crippen LogP contribution in [0.15, 0.2) is 304 Å². The fraction of sp³-hybridized carbons (Fsp3) is 0. The fourth-order valence-electron chi connectivity index (χ4n) is 11.9. The molecule has 0 aliphatic rings. The van der Waals surface area contributed by atoms with E-state index in [9.17, 15) is 0 Å². The van der Waals surface area contributed by atoms with Crippen molar-refractivity contribution in [2.45, 2.75) is 0 Å². The highest BCUT2D eigenvalue weighted by atomic mass is 127. The average Bonchev–Trinajstić information content (AvgIpc) is 2.24. The van der Waals surface area contributed by atoms with Crippen molar-refractivity contribution in [2.24, 2.45) is 0 Å². The first kappa shape index (κ1) is 53.6. The van der Waals surface area contributed by atoms with Gasteiger partial charge in [-0.15, -0.1) is 0 Å². The quantitative estimate of drug-likeness (QED) is 0.116. The summed E-state index contributed by atoms with van der Waals surface area (Å²) in [6.07, 6.45) is 10.1. The number of para-hydroxylation sites is 4. The number of fused-ring (bicyclic) bond motifs is 8. The lowest BCUT2D eigenvalue weighted by atomic mass is 9.80. The molecule has 0 aliphatic heterocycles. The molecule has 0 amide bonds. The van der Waals surface area contributed by atoms with Gasteiger partial charge >= 0.3 is 7.12 Å². The third-order valence-electron chi connectivity index (χ3n) is 15.9. The highest BCUT2D eigenvalue weighted by molar-refractivity contribution is 14.1. The molecule has 0 saturated heterocycles. The van der Waals surface area contributed by atoms with Crippen molar-refractivity contribution in [1.29, 1.82) is 0 Å². The summed E-state index contributed by atoms with van der Waals surface area (Å²) in [5.74, 6) is 0. The summed E-state index contributed by atoms with van der Waals surface area (Å²) in [7, 11) is -1.42. The smallest absolute Gasteiger partial charge is 0.423 e. The number of benzene rings is 12. The van der Waals surface area contributed by atoms with Gasteiger partial charge in [-0.1, -0.05) is 212 Å². The Bertz CT molecular complexity index is 4970. The van der Waals surface area contributed by atoms with Gasteiger partial charge in [-0.3, -0.25) is 9.97 Å². The number of rotatable bonds is 8. The summed E-state index contributed by atoms with van der Waals surface area (Å²) in [5.41, 5.74) is 18.9. The Balaban J connectivity index is 0.000000133. The molecule has 0 radical (unpaired) electrons. The molecular formula is C76H54BIN6O2. The molecule has 4 heterocycles. The second-order valence-electron chi connectivity index (χ2n) is 21.0. The minimum Gasteiger partial charge on any atom is -0.423 e. The second-order valence-corrected chi connectivity index (χ2v) is 22.1. The molecule has 86 heavy (non-hydrogen) atoms. The Labute approximate surface area is 512 Å². The summed E-state index contributed by atoms with van der Waals surface area (Å²) in [6.45, 7) is 0. The number of aromatic nitrogens is 6. The maximum absolute atomic E-state index is 8.92. The predicted octanol–water partition coefficient (Wildman–Crippen LogP) is 18.0. The van der Waals surface area contributed by atoms with Crippen LogP contribution in [0.25, 0.3) is 132 Å². The van der Waals surface area contributed by atoms with Crippen LogP contribution in [0, 0.1) is 3.57 Å². The van der Waals surface area contributed by atoms with Gasteiger partial charge < -0.3 is 19.2 Å². The second kappa shape index (κ2) is 23.7. The minimum atomic E-state index is -1.42. The van der Waals surface area contributed by atoms with Crippen LogP contribution >= 0.6 is 22.6 Å². The zero-order valence-electron chi connectivity index (χ0n) is 46.4. The van der Waals surface area contributed by atoms with Gasteiger partial charge in [-0.2, -0.15) is 0 Å². The topological polar surface area (TPSA) is 102 Å². The summed E-state index contributed by atoms with van der Waals surface area (Å²) in [4.78, 5) is 16.5. The maximum Gasteiger partial charge on any atom is 0.488 e. The van der Waals surface area contributed by atoms with E-state index >= 15 is 0 Å². The van der Waals surface area contributed by atoms with Gasteiger partial charge in [0.15, 0.2) is 0 Å². The highest BCUT2D eigenvalue weighted by Gasteiger charge is 2.17. The van der Waals surface area contributed by atoms with Gasteiger partial charge in [0.1, 0.15) is 6.33 Å². The SMILES string of the molecule is Ic1cccc2cccc(-c3ccc(-n4c5ccccc5c5ccccc54)cc3)c12.OB(O)c1ccc(-c2cncnc2)cc1.[2HH].c1cc(-c2ccc(-c3cnccn3)cc2)c2c(-c3ccc(-n4c5ccccc5c5ccccc54)cc3)cccc2c1. The van der Waals surface area contributed by atoms with Crippen molar-refractivity contribution in [3.8, 4) is 67.1 Å². The van der Waals surface area contributed by atoms with E-state index in [1.807, 2.05) is 0 Å². The lowest BCUT2D eigenvalue weighted by Gasteiger charge is -2.14. The van der Waals surface area contributed by atoms with Crippen molar-refractivity contribution in [2.75, 3.05) is 0 Å². The lowest BCUT2D eigenvalue weighted by Crippen LogP contribution is -2.29. The third-order valence-corrected chi connectivity index (χ3v) is 16.8. The first-order chi connectivity index (χ1) is 42.4. The number of halogens is 1. The maximum atomic E-state index is 8.92. The van der Waals surface area contributed by atoms with Gasteiger partial charge in [0, 0.05) is 79.2 Å². The van der Waals surface area contributed by atoms with Crippen LogP contribution < -0.4 is 5.46 Å². The van der Waals surface area contributed by atoms with E-state index in [0.717, 1.165) is 28.1 Å². The van der Waals surface area contributed by atoms with Crippen LogP contribution in [0.4, 0.5) is 0 Å². The van der Waals surface area contributed by atoms with Crippen molar-refractivity contribution in [1.82, 2.24) is 29.1 Å². The van der Waals surface area contributed by atoms with Crippen molar-refractivity contribution >= 4 is 100 Å². The molecule has 0 aliphatic carbocycles. The first-order valence-electron chi connectivity index (χ1n) is 28.4. The normalized spacial score (nSPS) is 11.2. The summed E-state index contributed by atoms with van der Waals surface area (Å²) >= 11 is 2.44. The molecule has 2 N–H and O–H groups in total.